The van der Waals surface area contributed by atoms with Crippen LogP contribution in [0.5, 0.6) is 0 Å². The predicted molar refractivity (Wildman–Crippen MR) is 93.0 cm³/mol. The molecule has 1 amide bonds. The van der Waals surface area contributed by atoms with E-state index >= 15 is 0 Å². The van der Waals surface area contributed by atoms with Gasteiger partial charge in [-0.1, -0.05) is 32.8 Å². The first-order valence-corrected chi connectivity index (χ1v) is 9.08. The summed E-state index contributed by atoms with van der Waals surface area (Å²) in [5.41, 5.74) is 0. The van der Waals surface area contributed by atoms with Crippen molar-refractivity contribution in [1.29, 1.82) is 0 Å². The van der Waals surface area contributed by atoms with E-state index in [0.29, 0.717) is 11.8 Å². The van der Waals surface area contributed by atoms with Gasteiger partial charge in [-0.15, -0.1) is 11.3 Å². The molecule has 1 N–H and O–H groups in total. The minimum Gasteiger partial charge on any atom is -0.449 e. The maximum atomic E-state index is 12.2. The summed E-state index contributed by atoms with van der Waals surface area (Å²) in [4.78, 5) is 25.0. The van der Waals surface area contributed by atoms with Crippen molar-refractivity contribution in [3.05, 3.63) is 28.5 Å². The number of esters is 1. The molecule has 1 fully saturated rings. The van der Waals surface area contributed by atoms with Crippen molar-refractivity contribution < 1.29 is 14.3 Å². The average Bonchev–Trinajstić information content (AvgIpc) is 3.03. The van der Waals surface area contributed by atoms with E-state index in [1.54, 1.807) is 13.0 Å². The Morgan fingerprint density at radius 2 is 2.17 bits per heavy atom. The monoisotopic (exact) mass is 335 g/mol. The summed E-state index contributed by atoms with van der Waals surface area (Å²) in [5, 5.41) is 4.97. The molecule has 1 aromatic rings. The van der Waals surface area contributed by atoms with Crippen LogP contribution in [0.15, 0.2) is 23.6 Å². The van der Waals surface area contributed by atoms with E-state index in [9.17, 15) is 9.59 Å². The number of carbonyl (C=O) groups is 2. The molecule has 0 spiro atoms. The van der Waals surface area contributed by atoms with Crippen LogP contribution in [0, 0.1) is 11.8 Å². The zero-order valence-electron chi connectivity index (χ0n) is 14.0. The Balaban J connectivity index is 1.81. The van der Waals surface area contributed by atoms with Crippen molar-refractivity contribution in [2.45, 2.75) is 52.2 Å². The highest BCUT2D eigenvalue weighted by Gasteiger charge is 2.29. The molecule has 0 radical (unpaired) electrons. The maximum absolute atomic E-state index is 12.2. The minimum absolute atomic E-state index is 0.175. The number of thiophene rings is 1. The molecule has 23 heavy (non-hydrogen) atoms. The number of amides is 1. The first kappa shape index (κ1) is 17.7. The lowest BCUT2D eigenvalue weighted by molar-refractivity contribution is -0.150. The minimum atomic E-state index is -0.778. The third-order valence-corrected chi connectivity index (χ3v) is 5.46. The Morgan fingerprint density at radius 1 is 1.39 bits per heavy atom. The lowest BCUT2D eigenvalue weighted by atomic mass is 9.78. The molecular weight excluding hydrogens is 310 g/mol. The van der Waals surface area contributed by atoms with Crippen molar-refractivity contribution in [2.75, 3.05) is 0 Å². The van der Waals surface area contributed by atoms with Gasteiger partial charge >= 0.3 is 5.97 Å². The molecule has 1 aliphatic rings. The molecule has 4 atom stereocenters. The van der Waals surface area contributed by atoms with Gasteiger partial charge in [-0.3, -0.25) is 4.79 Å². The molecule has 1 saturated carbocycles. The molecule has 1 aliphatic carbocycles. The van der Waals surface area contributed by atoms with Crippen LogP contribution in [0.1, 0.15) is 44.9 Å². The van der Waals surface area contributed by atoms with E-state index in [4.69, 9.17) is 4.74 Å². The highest BCUT2D eigenvalue weighted by atomic mass is 32.1. The molecule has 0 aliphatic heterocycles. The van der Waals surface area contributed by atoms with Gasteiger partial charge in [0.05, 0.1) is 0 Å². The van der Waals surface area contributed by atoms with Crippen LogP contribution in [-0.4, -0.2) is 24.0 Å². The lowest BCUT2D eigenvalue weighted by Gasteiger charge is -2.35. The van der Waals surface area contributed by atoms with Gasteiger partial charge < -0.3 is 10.1 Å². The molecule has 4 nitrogen and oxygen atoms in total. The van der Waals surface area contributed by atoms with E-state index in [2.05, 4.69) is 19.2 Å². The van der Waals surface area contributed by atoms with Gasteiger partial charge in [0.1, 0.15) is 0 Å². The van der Waals surface area contributed by atoms with Gasteiger partial charge in [-0.05, 0) is 42.7 Å². The first-order valence-electron chi connectivity index (χ1n) is 8.20. The van der Waals surface area contributed by atoms with Crippen molar-refractivity contribution in [2.24, 2.45) is 11.8 Å². The fourth-order valence-corrected chi connectivity index (χ4v) is 3.51. The molecule has 126 valence electrons. The zero-order chi connectivity index (χ0) is 16.8. The summed E-state index contributed by atoms with van der Waals surface area (Å²) >= 11 is 1.54. The number of ether oxygens (including phenoxy) is 1. The second-order valence-electron chi connectivity index (χ2n) is 6.31. The molecule has 5 heteroatoms. The summed E-state index contributed by atoms with van der Waals surface area (Å²) < 4.78 is 5.18. The van der Waals surface area contributed by atoms with E-state index < -0.39 is 12.1 Å². The zero-order valence-corrected chi connectivity index (χ0v) is 14.8. The van der Waals surface area contributed by atoms with Crippen LogP contribution < -0.4 is 5.32 Å². The third-order valence-electron chi connectivity index (χ3n) is 4.62. The Labute approximate surface area is 141 Å². The van der Waals surface area contributed by atoms with Crippen LogP contribution in [0.2, 0.25) is 0 Å². The predicted octanol–water partition coefficient (Wildman–Crippen LogP) is 3.63. The van der Waals surface area contributed by atoms with Crippen molar-refractivity contribution in [3.63, 3.8) is 0 Å². The highest BCUT2D eigenvalue weighted by molar-refractivity contribution is 7.10. The van der Waals surface area contributed by atoms with E-state index in [-0.39, 0.29) is 11.9 Å². The van der Waals surface area contributed by atoms with Crippen LogP contribution >= 0.6 is 11.3 Å². The van der Waals surface area contributed by atoms with Crippen LogP contribution in [0.3, 0.4) is 0 Å². The molecule has 0 bridgehead atoms. The van der Waals surface area contributed by atoms with Gasteiger partial charge in [0.15, 0.2) is 6.10 Å². The quantitative estimate of drug-likeness (QED) is 0.660. The summed E-state index contributed by atoms with van der Waals surface area (Å²) in [6.45, 7) is 6.01. The normalized spacial score (nSPS) is 26.0. The molecule has 1 aromatic heterocycles. The highest BCUT2D eigenvalue weighted by Crippen LogP contribution is 2.29. The molecular formula is C18H25NO3S. The van der Waals surface area contributed by atoms with Crippen molar-refractivity contribution >= 4 is 29.3 Å². The number of carbonyl (C=O) groups excluding carboxylic acids is 2. The van der Waals surface area contributed by atoms with Gasteiger partial charge in [-0.2, -0.15) is 0 Å². The summed E-state index contributed by atoms with van der Waals surface area (Å²) in [6.07, 6.45) is 5.62. The standard InChI is InChI=1S/C18H25NO3S/c1-12-6-4-8-16(13(12)2)19-18(21)14(3)22-17(20)10-9-15-7-5-11-23-15/h5,7,9-14,16H,4,6,8H2,1-3H3,(H,19,21)/b10-9+/t12-,13-,14-,16-/m1/s1. The molecule has 2 rings (SSSR count). The van der Waals surface area contributed by atoms with Crippen LogP contribution in [0.4, 0.5) is 0 Å². The van der Waals surface area contributed by atoms with E-state index in [1.165, 1.54) is 23.8 Å². The molecule has 0 saturated heterocycles. The lowest BCUT2D eigenvalue weighted by Crippen LogP contribution is -2.47. The molecule has 1 heterocycles. The maximum Gasteiger partial charge on any atom is 0.331 e. The summed E-state index contributed by atoms with van der Waals surface area (Å²) in [7, 11) is 0. The van der Waals surface area contributed by atoms with Crippen LogP contribution in [0.25, 0.3) is 6.08 Å². The van der Waals surface area contributed by atoms with E-state index in [0.717, 1.165) is 17.7 Å². The summed E-state index contributed by atoms with van der Waals surface area (Å²) in [5.74, 6) is 0.356. The van der Waals surface area contributed by atoms with Crippen molar-refractivity contribution in [1.82, 2.24) is 5.32 Å². The third kappa shape index (κ3) is 5.20. The molecule has 0 aromatic carbocycles. The fourth-order valence-electron chi connectivity index (χ4n) is 2.89. The Kier molecular flexibility index (Phi) is 6.39. The Hall–Kier alpha value is -1.62. The largest absolute Gasteiger partial charge is 0.449 e. The number of hydrogen-bond acceptors (Lipinski definition) is 4. The second-order valence-corrected chi connectivity index (χ2v) is 7.29. The number of nitrogens with one attached hydrogen (secondary N) is 1. The van der Waals surface area contributed by atoms with Gasteiger partial charge in [0, 0.05) is 17.0 Å². The van der Waals surface area contributed by atoms with Crippen LogP contribution in [-0.2, 0) is 14.3 Å². The number of hydrogen-bond donors (Lipinski definition) is 1. The van der Waals surface area contributed by atoms with Gasteiger partial charge in [-0.25, -0.2) is 4.79 Å². The second kappa shape index (κ2) is 8.29. The van der Waals surface area contributed by atoms with Crippen molar-refractivity contribution in [3.8, 4) is 0 Å². The summed E-state index contributed by atoms with van der Waals surface area (Å²) in [6, 6.07) is 4.00. The van der Waals surface area contributed by atoms with E-state index in [1.807, 2.05) is 17.5 Å². The fraction of sp³-hybridized carbons (Fsp3) is 0.556. The smallest absolute Gasteiger partial charge is 0.331 e. The molecule has 0 unspecified atom stereocenters. The Morgan fingerprint density at radius 3 is 2.87 bits per heavy atom. The van der Waals surface area contributed by atoms with Gasteiger partial charge in [0.2, 0.25) is 0 Å². The average molecular weight is 335 g/mol. The first-order chi connectivity index (χ1) is 11.0. The number of rotatable bonds is 5. The SMILES string of the molecule is C[C@@H]1[C@H](C)CCC[C@H]1NC(=O)[C@@H](C)OC(=O)/C=C/c1cccs1. The Bertz CT molecular complexity index is 553. The topological polar surface area (TPSA) is 55.4 Å². The van der Waals surface area contributed by atoms with Gasteiger partial charge in [0.25, 0.3) is 5.91 Å².